The molecule has 0 aliphatic rings. The molecule has 0 aliphatic carbocycles. The summed E-state index contributed by atoms with van der Waals surface area (Å²) in [5.41, 5.74) is 0.983. The van der Waals surface area contributed by atoms with Crippen LogP contribution in [0.2, 0.25) is 5.02 Å². The molecule has 0 atom stereocenters. The van der Waals surface area contributed by atoms with E-state index in [-0.39, 0.29) is 37.4 Å². The van der Waals surface area contributed by atoms with Crippen molar-refractivity contribution >= 4 is 29.3 Å². The van der Waals surface area contributed by atoms with Crippen LogP contribution in [0.4, 0.5) is 0 Å². The van der Waals surface area contributed by atoms with Crippen LogP contribution in [0.3, 0.4) is 0 Å². The lowest BCUT2D eigenvalue weighted by Crippen LogP contribution is -2.40. The van der Waals surface area contributed by atoms with Gasteiger partial charge in [-0.15, -0.1) is 0 Å². The number of carbonyl (C=O) groups is 3. The van der Waals surface area contributed by atoms with Gasteiger partial charge in [0.25, 0.3) is 11.8 Å². The number of carbonyl (C=O) groups excluding carboxylic acids is 3. The predicted molar refractivity (Wildman–Crippen MR) is 95.6 cm³/mol. The molecule has 2 aromatic carbocycles. The van der Waals surface area contributed by atoms with E-state index in [1.807, 2.05) is 6.07 Å². The summed E-state index contributed by atoms with van der Waals surface area (Å²) >= 11 is 5.76. The predicted octanol–water partition coefficient (Wildman–Crippen LogP) is 1.62. The first-order valence-electron chi connectivity index (χ1n) is 7.70. The van der Waals surface area contributed by atoms with E-state index in [1.54, 1.807) is 48.5 Å². The van der Waals surface area contributed by atoms with Crippen LogP contribution in [0.5, 0.6) is 0 Å². The number of amides is 3. The Morgan fingerprint density at radius 3 is 1.96 bits per heavy atom. The molecule has 0 radical (unpaired) electrons. The first-order valence-corrected chi connectivity index (χ1v) is 8.08. The van der Waals surface area contributed by atoms with Crippen LogP contribution >= 0.6 is 11.6 Å². The van der Waals surface area contributed by atoms with Crippen molar-refractivity contribution in [2.24, 2.45) is 0 Å². The molecular weight excluding hydrogens is 342 g/mol. The number of halogens is 1. The van der Waals surface area contributed by atoms with E-state index in [2.05, 4.69) is 16.0 Å². The maximum Gasteiger partial charge on any atom is 0.251 e. The molecule has 2 aromatic rings. The third-order valence-electron chi connectivity index (χ3n) is 3.28. The number of rotatable bonds is 7. The van der Waals surface area contributed by atoms with Gasteiger partial charge < -0.3 is 16.0 Å². The summed E-state index contributed by atoms with van der Waals surface area (Å²) in [7, 11) is 0. The molecule has 0 aliphatic heterocycles. The lowest BCUT2D eigenvalue weighted by Gasteiger charge is -2.08. The average Bonchev–Trinajstić information content (AvgIpc) is 2.64. The Kier molecular flexibility index (Phi) is 6.98. The smallest absolute Gasteiger partial charge is 0.251 e. The Hall–Kier alpha value is -2.86. The molecule has 130 valence electrons. The van der Waals surface area contributed by atoms with Gasteiger partial charge in [-0.05, 0) is 36.4 Å². The fourth-order valence-electron chi connectivity index (χ4n) is 2.00. The van der Waals surface area contributed by atoms with Crippen molar-refractivity contribution in [1.82, 2.24) is 16.0 Å². The van der Waals surface area contributed by atoms with Crippen molar-refractivity contribution in [1.29, 1.82) is 0 Å². The Morgan fingerprint density at radius 1 is 0.720 bits per heavy atom. The molecule has 3 N–H and O–H groups in total. The highest BCUT2D eigenvalue weighted by molar-refractivity contribution is 6.30. The number of benzene rings is 2. The van der Waals surface area contributed by atoms with Gasteiger partial charge in [0.05, 0.1) is 6.54 Å². The molecule has 25 heavy (non-hydrogen) atoms. The second kappa shape index (κ2) is 9.44. The minimum atomic E-state index is -0.329. The minimum Gasteiger partial charge on any atom is -0.353 e. The highest BCUT2D eigenvalue weighted by atomic mass is 35.5. The molecule has 2 rings (SSSR count). The molecule has 7 heteroatoms. The lowest BCUT2D eigenvalue weighted by atomic mass is 10.2. The summed E-state index contributed by atoms with van der Waals surface area (Å²) in [4.78, 5) is 35.3. The van der Waals surface area contributed by atoms with Crippen LogP contribution in [0.15, 0.2) is 54.6 Å². The van der Waals surface area contributed by atoms with E-state index in [1.165, 1.54) is 0 Å². The quantitative estimate of drug-likeness (QED) is 0.656. The van der Waals surface area contributed by atoms with Crippen molar-refractivity contribution < 1.29 is 14.4 Å². The van der Waals surface area contributed by atoms with Gasteiger partial charge in [-0.1, -0.05) is 29.8 Å². The Morgan fingerprint density at radius 2 is 1.28 bits per heavy atom. The van der Waals surface area contributed by atoms with Gasteiger partial charge in [-0.2, -0.15) is 0 Å². The second-order valence-corrected chi connectivity index (χ2v) is 5.60. The Balaban J connectivity index is 1.63. The van der Waals surface area contributed by atoms with Crippen LogP contribution in [0.1, 0.15) is 20.7 Å². The third kappa shape index (κ3) is 6.27. The molecule has 0 bridgehead atoms. The minimum absolute atomic E-state index is 0.126. The van der Waals surface area contributed by atoms with Gasteiger partial charge in [-0.25, -0.2) is 0 Å². The first kappa shape index (κ1) is 18.5. The summed E-state index contributed by atoms with van der Waals surface area (Å²) in [6.45, 7) is 0.415. The van der Waals surface area contributed by atoms with Crippen molar-refractivity contribution in [2.75, 3.05) is 19.6 Å². The maximum absolute atomic E-state index is 11.8. The number of nitrogens with one attached hydrogen (secondary N) is 3. The highest BCUT2D eigenvalue weighted by Crippen LogP contribution is 2.09. The van der Waals surface area contributed by atoms with Gasteiger partial charge in [0.2, 0.25) is 5.91 Å². The zero-order valence-electron chi connectivity index (χ0n) is 13.4. The van der Waals surface area contributed by atoms with Gasteiger partial charge in [0.15, 0.2) is 0 Å². The van der Waals surface area contributed by atoms with Crippen LogP contribution in [-0.2, 0) is 4.79 Å². The molecule has 0 heterocycles. The zero-order chi connectivity index (χ0) is 18.1. The normalized spacial score (nSPS) is 9.96. The molecule has 0 saturated carbocycles. The molecule has 0 saturated heterocycles. The standard InChI is InChI=1S/C18H18ClN3O3/c19-15-8-6-14(7-9-15)17(24)21-11-10-20-16(23)12-22-18(25)13-4-2-1-3-5-13/h1-9H,10-12H2,(H,20,23)(H,21,24)(H,22,25). The van der Waals surface area contributed by atoms with E-state index < -0.39 is 0 Å². The number of hydrogen-bond acceptors (Lipinski definition) is 3. The topological polar surface area (TPSA) is 87.3 Å². The van der Waals surface area contributed by atoms with E-state index >= 15 is 0 Å². The summed E-state index contributed by atoms with van der Waals surface area (Å²) in [5, 5.41) is 8.38. The van der Waals surface area contributed by atoms with E-state index in [0.717, 1.165) is 0 Å². The SMILES string of the molecule is O=C(CNC(=O)c1ccccc1)NCCNC(=O)c1ccc(Cl)cc1. The summed E-state index contributed by atoms with van der Waals surface area (Å²) in [5.74, 6) is -0.889. The van der Waals surface area contributed by atoms with Crippen molar-refractivity contribution in [3.63, 3.8) is 0 Å². The molecule has 0 aromatic heterocycles. The van der Waals surface area contributed by atoms with Gasteiger partial charge >= 0.3 is 0 Å². The van der Waals surface area contributed by atoms with Gasteiger partial charge in [0, 0.05) is 29.2 Å². The van der Waals surface area contributed by atoms with Gasteiger partial charge in [-0.3, -0.25) is 14.4 Å². The number of hydrogen-bond donors (Lipinski definition) is 3. The van der Waals surface area contributed by atoms with Gasteiger partial charge in [0.1, 0.15) is 0 Å². The monoisotopic (exact) mass is 359 g/mol. The van der Waals surface area contributed by atoms with E-state index in [4.69, 9.17) is 11.6 Å². The van der Waals surface area contributed by atoms with Crippen LogP contribution < -0.4 is 16.0 Å². The molecular formula is C18H18ClN3O3. The fourth-order valence-corrected chi connectivity index (χ4v) is 2.12. The first-order chi connectivity index (χ1) is 12.1. The molecule has 0 spiro atoms. The third-order valence-corrected chi connectivity index (χ3v) is 3.54. The largest absolute Gasteiger partial charge is 0.353 e. The van der Waals surface area contributed by atoms with Crippen molar-refractivity contribution in [3.8, 4) is 0 Å². The van der Waals surface area contributed by atoms with Crippen LogP contribution in [-0.4, -0.2) is 37.4 Å². The van der Waals surface area contributed by atoms with Crippen molar-refractivity contribution in [3.05, 3.63) is 70.7 Å². The van der Waals surface area contributed by atoms with Crippen molar-refractivity contribution in [2.45, 2.75) is 0 Å². The molecule has 0 fully saturated rings. The summed E-state index contributed by atoms with van der Waals surface area (Å²) in [6.07, 6.45) is 0. The van der Waals surface area contributed by atoms with E-state index in [9.17, 15) is 14.4 Å². The fraction of sp³-hybridized carbons (Fsp3) is 0.167. The van der Waals surface area contributed by atoms with Crippen LogP contribution in [0.25, 0.3) is 0 Å². The molecule has 3 amide bonds. The van der Waals surface area contributed by atoms with Crippen LogP contribution in [0, 0.1) is 0 Å². The zero-order valence-corrected chi connectivity index (χ0v) is 14.2. The second-order valence-electron chi connectivity index (χ2n) is 5.16. The molecule has 6 nitrogen and oxygen atoms in total. The highest BCUT2D eigenvalue weighted by Gasteiger charge is 2.08. The average molecular weight is 360 g/mol. The summed E-state index contributed by atoms with van der Waals surface area (Å²) < 4.78 is 0. The summed E-state index contributed by atoms with van der Waals surface area (Å²) in [6, 6.07) is 15.1. The Bertz CT molecular complexity index is 733. The molecule has 0 unspecified atom stereocenters. The van der Waals surface area contributed by atoms with E-state index in [0.29, 0.717) is 16.1 Å². The lowest BCUT2D eigenvalue weighted by molar-refractivity contribution is -0.120. The maximum atomic E-state index is 11.8. The Labute approximate surface area is 150 Å².